The van der Waals surface area contributed by atoms with Crippen molar-refractivity contribution < 1.29 is 14.7 Å². The minimum absolute atomic E-state index is 0.0553. The van der Waals surface area contributed by atoms with Crippen molar-refractivity contribution in [3.63, 3.8) is 0 Å². The van der Waals surface area contributed by atoms with E-state index in [0.29, 0.717) is 24.4 Å². The molecule has 1 aliphatic heterocycles. The fourth-order valence-corrected chi connectivity index (χ4v) is 4.93. The zero-order chi connectivity index (χ0) is 19.2. The Labute approximate surface area is 158 Å². The van der Waals surface area contributed by atoms with Gasteiger partial charge in [0.1, 0.15) is 0 Å². The summed E-state index contributed by atoms with van der Waals surface area (Å²) in [5, 5.41) is 12.2. The van der Waals surface area contributed by atoms with Crippen molar-refractivity contribution in [3.05, 3.63) is 0 Å². The Bertz CT molecular complexity index is 467. The molecule has 6 nitrogen and oxygen atoms in total. The minimum Gasteiger partial charge on any atom is -0.480 e. The second-order valence-corrected chi connectivity index (χ2v) is 8.64. The topological polar surface area (TPSA) is 72.9 Å². The van der Waals surface area contributed by atoms with Crippen LogP contribution in [-0.4, -0.2) is 65.7 Å². The number of carboxylic acids is 1. The zero-order valence-corrected chi connectivity index (χ0v) is 16.8. The number of hydrogen-bond donors (Lipinski definition) is 2. The highest BCUT2D eigenvalue weighted by molar-refractivity contribution is 5.74. The summed E-state index contributed by atoms with van der Waals surface area (Å²) in [5.41, 5.74) is 0.294. The van der Waals surface area contributed by atoms with Crippen LogP contribution in [-0.2, 0) is 4.79 Å². The first kappa shape index (κ1) is 21.0. The maximum Gasteiger partial charge on any atom is 0.317 e. The van der Waals surface area contributed by atoms with Crippen LogP contribution in [0.15, 0.2) is 0 Å². The first-order chi connectivity index (χ1) is 12.3. The highest BCUT2D eigenvalue weighted by atomic mass is 16.4. The summed E-state index contributed by atoms with van der Waals surface area (Å²) >= 11 is 0. The molecule has 2 aliphatic rings. The molecule has 0 atom stereocenters. The van der Waals surface area contributed by atoms with E-state index in [0.717, 1.165) is 25.9 Å². The van der Waals surface area contributed by atoms with Crippen molar-refractivity contribution in [2.24, 2.45) is 11.3 Å². The summed E-state index contributed by atoms with van der Waals surface area (Å²) in [6.07, 6.45) is 7.92. The Kier molecular flexibility index (Phi) is 7.74. The average molecular weight is 368 g/mol. The van der Waals surface area contributed by atoms with Gasteiger partial charge in [-0.2, -0.15) is 0 Å². The van der Waals surface area contributed by atoms with E-state index in [1.54, 1.807) is 0 Å². The number of likely N-dealkylation sites (tertiary alicyclic amines) is 1. The first-order valence-corrected chi connectivity index (χ1v) is 10.3. The van der Waals surface area contributed by atoms with Crippen LogP contribution in [0.3, 0.4) is 0 Å². The Balaban J connectivity index is 1.80. The molecule has 0 unspecified atom stereocenters. The molecule has 6 heteroatoms. The van der Waals surface area contributed by atoms with E-state index in [1.165, 1.54) is 32.1 Å². The van der Waals surface area contributed by atoms with Crippen molar-refractivity contribution in [2.45, 2.75) is 71.8 Å². The molecule has 0 aromatic carbocycles. The average Bonchev–Trinajstić information content (AvgIpc) is 3.05. The molecule has 1 saturated carbocycles. The lowest BCUT2D eigenvalue weighted by atomic mass is 9.78. The van der Waals surface area contributed by atoms with Crippen molar-refractivity contribution in [3.8, 4) is 0 Å². The lowest BCUT2D eigenvalue weighted by Crippen LogP contribution is -2.51. The number of likely N-dealkylation sites (N-methyl/N-ethyl adjacent to an activating group) is 1. The number of piperidine rings is 1. The molecule has 0 radical (unpaired) electrons. The van der Waals surface area contributed by atoms with E-state index in [4.69, 9.17) is 5.11 Å². The largest absolute Gasteiger partial charge is 0.480 e. The van der Waals surface area contributed by atoms with Crippen molar-refractivity contribution in [1.82, 2.24) is 15.1 Å². The number of nitrogens with zero attached hydrogens (tertiary/aromatic N) is 2. The number of carbonyl (C=O) groups excluding carboxylic acids is 1. The molecule has 2 N–H and O–H groups in total. The Morgan fingerprint density at radius 2 is 1.85 bits per heavy atom. The SMILES string of the molecule is CCN(CC(=O)O)C1CCN(C(=O)NCC2(CC(C)C)CCCC2)CC1. The molecule has 26 heavy (non-hydrogen) atoms. The Morgan fingerprint density at radius 3 is 2.35 bits per heavy atom. The number of carboxylic acid groups (broad SMARTS) is 1. The smallest absolute Gasteiger partial charge is 0.317 e. The maximum absolute atomic E-state index is 12.6. The van der Waals surface area contributed by atoms with Crippen LogP contribution < -0.4 is 5.32 Å². The normalized spacial score (nSPS) is 20.7. The van der Waals surface area contributed by atoms with Crippen LogP contribution in [0, 0.1) is 11.3 Å². The number of nitrogens with one attached hydrogen (secondary N) is 1. The fourth-order valence-electron chi connectivity index (χ4n) is 4.93. The number of aliphatic carboxylic acids is 1. The third-order valence-corrected chi connectivity index (χ3v) is 6.13. The summed E-state index contributed by atoms with van der Waals surface area (Å²) in [5.74, 6) is -0.117. The monoisotopic (exact) mass is 367 g/mol. The van der Waals surface area contributed by atoms with Gasteiger partial charge in [0.15, 0.2) is 0 Å². The number of rotatable bonds is 8. The Morgan fingerprint density at radius 1 is 1.23 bits per heavy atom. The van der Waals surface area contributed by atoms with E-state index in [1.807, 2.05) is 16.7 Å². The lowest BCUT2D eigenvalue weighted by molar-refractivity contribution is -0.139. The van der Waals surface area contributed by atoms with E-state index < -0.39 is 5.97 Å². The van der Waals surface area contributed by atoms with Gasteiger partial charge in [-0.1, -0.05) is 33.6 Å². The molecule has 0 bridgehead atoms. The predicted octanol–water partition coefficient (Wildman–Crippen LogP) is 3.17. The molecular weight excluding hydrogens is 330 g/mol. The van der Waals surface area contributed by atoms with Crippen molar-refractivity contribution in [1.29, 1.82) is 0 Å². The molecule has 2 amide bonds. The molecule has 0 aromatic rings. The molecule has 2 rings (SSSR count). The summed E-state index contributed by atoms with van der Waals surface area (Å²) in [6, 6.07) is 0.321. The Hall–Kier alpha value is -1.30. The summed E-state index contributed by atoms with van der Waals surface area (Å²) in [4.78, 5) is 27.5. The molecule has 0 aromatic heterocycles. The molecule has 2 fully saturated rings. The van der Waals surface area contributed by atoms with E-state index >= 15 is 0 Å². The second-order valence-electron chi connectivity index (χ2n) is 8.64. The maximum atomic E-state index is 12.6. The standard InChI is InChI=1S/C20H37N3O3/c1-4-22(14-18(24)25)17-7-11-23(12-8-17)19(26)21-15-20(13-16(2)3)9-5-6-10-20/h16-17H,4-15H2,1-3H3,(H,21,26)(H,24,25). The third kappa shape index (κ3) is 5.86. The minimum atomic E-state index is -0.779. The van der Waals surface area contributed by atoms with Gasteiger partial charge in [-0.05, 0) is 50.0 Å². The van der Waals surface area contributed by atoms with Crippen molar-refractivity contribution in [2.75, 3.05) is 32.7 Å². The number of amides is 2. The van der Waals surface area contributed by atoms with Gasteiger partial charge in [0.25, 0.3) is 0 Å². The van der Waals surface area contributed by atoms with Gasteiger partial charge < -0.3 is 15.3 Å². The zero-order valence-electron chi connectivity index (χ0n) is 16.8. The third-order valence-electron chi connectivity index (χ3n) is 6.13. The van der Waals surface area contributed by atoms with Gasteiger partial charge in [0, 0.05) is 25.7 Å². The summed E-state index contributed by atoms with van der Waals surface area (Å²) in [6.45, 7) is 9.58. The first-order valence-electron chi connectivity index (χ1n) is 10.3. The molecule has 1 saturated heterocycles. The summed E-state index contributed by atoms with van der Waals surface area (Å²) in [7, 11) is 0. The highest BCUT2D eigenvalue weighted by Crippen LogP contribution is 2.42. The van der Waals surface area contributed by atoms with Gasteiger partial charge in [0.2, 0.25) is 0 Å². The van der Waals surface area contributed by atoms with Gasteiger partial charge in [0.05, 0.1) is 6.54 Å². The predicted molar refractivity (Wildman–Crippen MR) is 103 cm³/mol. The van der Waals surface area contributed by atoms with Crippen LogP contribution in [0.2, 0.25) is 0 Å². The molecule has 0 spiro atoms. The number of hydrogen-bond acceptors (Lipinski definition) is 3. The number of carbonyl (C=O) groups is 2. The van der Waals surface area contributed by atoms with Gasteiger partial charge >= 0.3 is 12.0 Å². The van der Waals surface area contributed by atoms with Gasteiger partial charge in [-0.3, -0.25) is 9.69 Å². The molecule has 150 valence electrons. The van der Waals surface area contributed by atoms with Crippen LogP contribution in [0.25, 0.3) is 0 Å². The van der Waals surface area contributed by atoms with Gasteiger partial charge in [-0.15, -0.1) is 0 Å². The van der Waals surface area contributed by atoms with Crippen LogP contribution >= 0.6 is 0 Å². The fraction of sp³-hybridized carbons (Fsp3) is 0.900. The number of urea groups is 1. The van der Waals surface area contributed by atoms with Crippen LogP contribution in [0.5, 0.6) is 0 Å². The quantitative estimate of drug-likeness (QED) is 0.691. The highest BCUT2D eigenvalue weighted by Gasteiger charge is 2.35. The van der Waals surface area contributed by atoms with E-state index in [-0.39, 0.29) is 18.6 Å². The van der Waals surface area contributed by atoms with E-state index in [9.17, 15) is 9.59 Å². The van der Waals surface area contributed by atoms with Crippen LogP contribution in [0.4, 0.5) is 4.79 Å². The van der Waals surface area contributed by atoms with E-state index in [2.05, 4.69) is 19.2 Å². The molecule has 1 heterocycles. The summed E-state index contributed by atoms with van der Waals surface area (Å²) < 4.78 is 0. The second kappa shape index (κ2) is 9.58. The van der Waals surface area contributed by atoms with Crippen molar-refractivity contribution >= 4 is 12.0 Å². The molecule has 1 aliphatic carbocycles. The van der Waals surface area contributed by atoms with Gasteiger partial charge in [-0.25, -0.2) is 4.79 Å². The van der Waals surface area contributed by atoms with Crippen LogP contribution in [0.1, 0.15) is 65.7 Å². The lowest BCUT2D eigenvalue weighted by Gasteiger charge is -2.38. The molecular formula is C20H37N3O3.